The molecule has 1 aliphatic heterocycles. The van der Waals surface area contributed by atoms with Gasteiger partial charge in [0, 0.05) is 52.8 Å². The first kappa shape index (κ1) is 25.2. The predicted octanol–water partition coefficient (Wildman–Crippen LogP) is 7.86. The largest absolute Gasteiger partial charge is 0.311 e. The quantitative estimate of drug-likeness (QED) is 0.262. The number of fused-ring (bicyclic) bond motifs is 1. The van der Waals surface area contributed by atoms with Crippen molar-refractivity contribution < 1.29 is 0 Å². The van der Waals surface area contributed by atoms with Gasteiger partial charge < -0.3 is 4.57 Å². The molecule has 35 heavy (non-hydrogen) atoms. The Morgan fingerprint density at radius 1 is 0.971 bits per heavy atom. The lowest BCUT2D eigenvalue weighted by atomic mass is 9.81. The number of aryl methyl sites for hydroxylation is 1. The van der Waals surface area contributed by atoms with E-state index in [1.165, 1.54) is 16.7 Å². The summed E-state index contributed by atoms with van der Waals surface area (Å²) in [5, 5.41) is 2.40. The number of aromatic nitrogens is 1. The van der Waals surface area contributed by atoms with Gasteiger partial charge in [-0.1, -0.05) is 60.5 Å². The van der Waals surface area contributed by atoms with Crippen molar-refractivity contribution in [2.45, 2.75) is 19.3 Å². The van der Waals surface area contributed by atoms with Gasteiger partial charge in [0.1, 0.15) is 0 Å². The van der Waals surface area contributed by atoms with Crippen LogP contribution in [-0.4, -0.2) is 10.8 Å². The van der Waals surface area contributed by atoms with E-state index in [1.54, 1.807) is 10.6 Å². The summed E-state index contributed by atoms with van der Waals surface area (Å²) in [7, 11) is 1.81. The average Bonchev–Trinajstić information content (AvgIpc) is 3.26. The normalized spacial score (nSPS) is 15.7. The Hall–Kier alpha value is -2.85. The lowest BCUT2D eigenvalue weighted by Crippen LogP contribution is -2.17. The molecule has 0 N–H and O–H groups in total. The van der Waals surface area contributed by atoms with Crippen molar-refractivity contribution in [3.63, 3.8) is 0 Å². The van der Waals surface area contributed by atoms with Crippen LogP contribution in [-0.2, 0) is 13.5 Å². The summed E-state index contributed by atoms with van der Waals surface area (Å²) >= 11 is 12.4. The monoisotopic (exact) mass is 522 g/mol. The predicted molar refractivity (Wildman–Crippen MR) is 151 cm³/mol. The van der Waals surface area contributed by atoms with Gasteiger partial charge >= 0.3 is 0 Å². The Morgan fingerprint density at radius 2 is 1.74 bits per heavy atom. The van der Waals surface area contributed by atoms with Crippen molar-refractivity contribution in [3.8, 4) is 11.1 Å². The third-order valence-corrected chi connectivity index (χ3v) is 7.11. The fraction of sp³-hybridized carbons (Fsp3) is 0.172. The van der Waals surface area contributed by atoms with Crippen molar-refractivity contribution >= 4 is 52.7 Å². The van der Waals surface area contributed by atoms with Crippen molar-refractivity contribution in [1.82, 2.24) is 4.57 Å². The molecule has 5 rings (SSSR count). The van der Waals surface area contributed by atoms with Crippen LogP contribution in [0.25, 0.3) is 22.0 Å². The summed E-state index contributed by atoms with van der Waals surface area (Å²) in [4.78, 5) is 17.2. The molecule has 178 valence electrons. The zero-order chi connectivity index (χ0) is 23.8. The highest BCUT2D eigenvalue weighted by atomic mass is 35.5. The average molecular weight is 524 g/mol. The second-order valence-electron chi connectivity index (χ2n) is 8.84. The molecule has 0 saturated heterocycles. The Bertz CT molecular complexity index is 1500. The highest BCUT2D eigenvalue weighted by Crippen LogP contribution is 2.38. The topological polar surface area (TPSA) is 34.4 Å². The highest BCUT2D eigenvalue weighted by Gasteiger charge is 2.24. The zero-order valence-electron chi connectivity index (χ0n) is 19.4. The maximum Gasteiger partial charge on any atom is 0.251 e. The Morgan fingerprint density at radius 3 is 2.43 bits per heavy atom. The fourth-order valence-electron chi connectivity index (χ4n) is 4.74. The van der Waals surface area contributed by atoms with E-state index >= 15 is 0 Å². The number of hydrogen-bond acceptors (Lipinski definition) is 2. The number of aliphatic imine (C=N–C) groups is 1. The van der Waals surface area contributed by atoms with Crippen LogP contribution in [0.15, 0.2) is 94.4 Å². The SMILES string of the molecule is CC1C=NC=C1C(Cc1ccc(Cl)cc1)c1ccc2c(c1)c(-c1cccc(Cl)c1)cc(=O)n2C.Cl. The first-order chi connectivity index (χ1) is 16.4. The molecular formula is C29H25Cl3N2O. The summed E-state index contributed by atoms with van der Waals surface area (Å²) < 4.78 is 1.70. The van der Waals surface area contributed by atoms with Gasteiger partial charge in [-0.3, -0.25) is 9.79 Å². The summed E-state index contributed by atoms with van der Waals surface area (Å²) in [6, 6.07) is 23.8. The fourth-order valence-corrected chi connectivity index (χ4v) is 5.06. The molecule has 1 aromatic heterocycles. The summed E-state index contributed by atoms with van der Waals surface area (Å²) in [5.74, 6) is 0.410. The molecule has 0 amide bonds. The molecule has 6 heteroatoms. The van der Waals surface area contributed by atoms with Crippen LogP contribution in [0.5, 0.6) is 0 Å². The van der Waals surface area contributed by atoms with Gasteiger partial charge in [0.25, 0.3) is 5.56 Å². The third kappa shape index (κ3) is 5.08. The van der Waals surface area contributed by atoms with E-state index in [0.717, 1.165) is 33.5 Å². The minimum absolute atomic E-state index is 0. The van der Waals surface area contributed by atoms with E-state index in [4.69, 9.17) is 23.2 Å². The van der Waals surface area contributed by atoms with Crippen molar-refractivity contribution in [2.24, 2.45) is 18.0 Å². The lowest BCUT2D eigenvalue weighted by Gasteiger charge is -2.23. The maximum atomic E-state index is 12.7. The van der Waals surface area contributed by atoms with Crippen LogP contribution in [0.1, 0.15) is 24.0 Å². The van der Waals surface area contributed by atoms with Gasteiger partial charge in [-0.05, 0) is 70.6 Å². The Kier molecular flexibility index (Phi) is 7.51. The van der Waals surface area contributed by atoms with E-state index < -0.39 is 0 Å². The van der Waals surface area contributed by atoms with Gasteiger partial charge in [0.2, 0.25) is 0 Å². The Labute approximate surface area is 221 Å². The number of nitrogens with zero attached hydrogens (tertiary/aromatic N) is 2. The molecule has 3 aromatic carbocycles. The Balaban J connectivity index is 0.00000289. The van der Waals surface area contributed by atoms with Crippen LogP contribution >= 0.6 is 35.6 Å². The molecule has 4 aromatic rings. The molecule has 0 spiro atoms. The molecule has 0 radical (unpaired) electrons. The van der Waals surface area contributed by atoms with E-state index in [0.29, 0.717) is 5.02 Å². The van der Waals surface area contributed by atoms with Crippen molar-refractivity contribution in [2.75, 3.05) is 0 Å². The van der Waals surface area contributed by atoms with Crippen molar-refractivity contribution in [1.29, 1.82) is 0 Å². The smallest absolute Gasteiger partial charge is 0.251 e. The van der Waals surface area contributed by atoms with Gasteiger partial charge in [-0.2, -0.15) is 0 Å². The molecule has 2 heterocycles. The number of hydrogen-bond donors (Lipinski definition) is 0. The summed E-state index contributed by atoms with van der Waals surface area (Å²) in [6.45, 7) is 2.18. The zero-order valence-corrected chi connectivity index (χ0v) is 21.7. The van der Waals surface area contributed by atoms with Crippen LogP contribution in [0.2, 0.25) is 10.0 Å². The number of pyridine rings is 1. The molecule has 0 saturated carbocycles. The number of allylic oxidation sites excluding steroid dienone is 1. The molecular weight excluding hydrogens is 499 g/mol. The third-order valence-electron chi connectivity index (χ3n) is 6.62. The molecule has 0 fully saturated rings. The van der Waals surface area contributed by atoms with E-state index in [1.807, 2.05) is 55.9 Å². The van der Waals surface area contributed by atoms with E-state index in [2.05, 4.69) is 42.2 Å². The second-order valence-corrected chi connectivity index (χ2v) is 9.71. The lowest BCUT2D eigenvalue weighted by molar-refractivity contribution is 0.719. The molecule has 3 nitrogen and oxygen atoms in total. The van der Waals surface area contributed by atoms with E-state index in [9.17, 15) is 4.79 Å². The van der Waals surface area contributed by atoms with Crippen LogP contribution in [0.4, 0.5) is 0 Å². The molecule has 1 aliphatic rings. The molecule has 2 atom stereocenters. The van der Waals surface area contributed by atoms with E-state index in [-0.39, 0.29) is 29.8 Å². The summed E-state index contributed by atoms with van der Waals surface area (Å²) in [5.41, 5.74) is 6.34. The van der Waals surface area contributed by atoms with Crippen LogP contribution < -0.4 is 5.56 Å². The minimum Gasteiger partial charge on any atom is -0.311 e. The number of halogens is 3. The maximum absolute atomic E-state index is 12.7. The first-order valence-corrected chi connectivity index (χ1v) is 12.0. The van der Waals surface area contributed by atoms with Gasteiger partial charge in [-0.15, -0.1) is 12.4 Å². The van der Waals surface area contributed by atoms with Crippen LogP contribution in [0, 0.1) is 5.92 Å². The van der Waals surface area contributed by atoms with Gasteiger partial charge in [0.15, 0.2) is 0 Å². The standard InChI is InChI=1S/C29H24Cl2N2O.ClH/c1-18-16-32-17-27(18)24(12-19-6-9-22(30)10-7-19)21-8-11-28-26(14-21)25(15-29(34)33(28)2)20-4-3-5-23(31)13-20;/h3-11,13-18,24H,12H2,1-2H3;1H. The van der Waals surface area contributed by atoms with Gasteiger partial charge in [-0.25, -0.2) is 0 Å². The van der Waals surface area contributed by atoms with Crippen molar-refractivity contribution in [3.05, 3.63) is 116 Å². The molecule has 2 unspecified atom stereocenters. The minimum atomic E-state index is -0.0477. The second kappa shape index (κ2) is 10.4. The number of rotatable bonds is 5. The number of benzene rings is 3. The highest BCUT2D eigenvalue weighted by molar-refractivity contribution is 6.31. The molecule has 0 bridgehead atoms. The molecule has 0 aliphatic carbocycles. The van der Waals surface area contributed by atoms with Crippen LogP contribution in [0.3, 0.4) is 0 Å². The first-order valence-electron chi connectivity index (χ1n) is 11.3. The summed E-state index contributed by atoms with van der Waals surface area (Å²) in [6.07, 6.45) is 4.82. The van der Waals surface area contributed by atoms with Gasteiger partial charge in [0.05, 0.1) is 5.52 Å².